The topological polar surface area (TPSA) is 58.6 Å². The number of nitrogens with zero attached hydrogens (tertiary/aromatic N) is 4. The Morgan fingerprint density at radius 1 is 1.24 bits per heavy atom. The van der Waals surface area contributed by atoms with Crippen LogP contribution < -0.4 is 9.64 Å². The van der Waals surface area contributed by atoms with E-state index in [4.69, 9.17) is 4.74 Å². The van der Waals surface area contributed by atoms with Gasteiger partial charge in [0.25, 0.3) is 0 Å². The van der Waals surface area contributed by atoms with Gasteiger partial charge < -0.3 is 14.5 Å². The van der Waals surface area contributed by atoms with Gasteiger partial charge in [-0.3, -0.25) is 4.79 Å². The number of amides is 1. The fourth-order valence-corrected chi connectivity index (χ4v) is 2.70. The van der Waals surface area contributed by atoms with Gasteiger partial charge in [-0.15, -0.1) is 0 Å². The van der Waals surface area contributed by atoms with Gasteiger partial charge in [0.05, 0.1) is 19.2 Å². The first-order chi connectivity index (χ1) is 10.1. The first-order valence-corrected chi connectivity index (χ1v) is 7.48. The normalized spacial score (nSPS) is 16.1. The van der Waals surface area contributed by atoms with Crippen LogP contribution in [0.1, 0.15) is 31.2 Å². The van der Waals surface area contributed by atoms with E-state index in [0.29, 0.717) is 18.2 Å². The lowest BCUT2D eigenvalue weighted by Gasteiger charge is -2.24. The molecular weight excluding hydrogens is 268 g/mol. The zero-order valence-electron chi connectivity index (χ0n) is 13.3. The van der Waals surface area contributed by atoms with E-state index < -0.39 is 0 Å². The molecule has 2 heterocycles. The van der Waals surface area contributed by atoms with Crippen molar-refractivity contribution in [2.24, 2.45) is 0 Å². The molecule has 0 unspecified atom stereocenters. The predicted octanol–water partition coefficient (Wildman–Crippen LogP) is 1.55. The Kier molecular flexibility index (Phi) is 4.98. The van der Waals surface area contributed by atoms with Crippen LogP contribution in [-0.4, -0.2) is 54.1 Å². The van der Waals surface area contributed by atoms with Crippen LogP contribution in [-0.2, 0) is 4.79 Å². The average molecular weight is 292 g/mol. The summed E-state index contributed by atoms with van der Waals surface area (Å²) in [5.41, 5.74) is 0.889. The fraction of sp³-hybridized carbons (Fsp3) is 0.667. The number of ether oxygens (including phenoxy) is 1. The SMILES string of the molecule is CCCN1CCCN(c2nc(C)nc(OC)c2C)CC1=O. The number of methoxy groups -OCH3 is 1. The first kappa shape index (κ1) is 15.5. The highest BCUT2D eigenvalue weighted by molar-refractivity contribution is 5.82. The smallest absolute Gasteiger partial charge is 0.242 e. The lowest BCUT2D eigenvalue weighted by Crippen LogP contribution is -2.37. The standard InChI is InChI=1S/C15H24N4O2/c1-5-7-18-8-6-9-19(10-13(18)20)14-11(2)15(21-4)17-12(3)16-14/h5-10H2,1-4H3. The van der Waals surface area contributed by atoms with Crippen molar-refractivity contribution in [1.29, 1.82) is 0 Å². The lowest BCUT2D eigenvalue weighted by molar-refractivity contribution is -0.129. The number of rotatable bonds is 4. The molecule has 21 heavy (non-hydrogen) atoms. The van der Waals surface area contributed by atoms with Crippen molar-refractivity contribution >= 4 is 11.7 Å². The Morgan fingerprint density at radius 3 is 2.67 bits per heavy atom. The van der Waals surface area contributed by atoms with Gasteiger partial charge in [-0.05, 0) is 26.7 Å². The van der Waals surface area contributed by atoms with Gasteiger partial charge in [0, 0.05) is 19.6 Å². The Balaban J connectivity index is 2.26. The van der Waals surface area contributed by atoms with Crippen molar-refractivity contribution < 1.29 is 9.53 Å². The van der Waals surface area contributed by atoms with Crippen LogP contribution in [0.4, 0.5) is 5.82 Å². The molecule has 1 saturated heterocycles. The highest BCUT2D eigenvalue weighted by Gasteiger charge is 2.24. The summed E-state index contributed by atoms with van der Waals surface area (Å²) < 4.78 is 5.30. The van der Waals surface area contributed by atoms with E-state index >= 15 is 0 Å². The number of anilines is 1. The molecule has 0 N–H and O–H groups in total. The summed E-state index contributed by atoms with van der Waals surface area (Å²) in [5.74, 6) is 2.23. The molecule has 2 rings (SSSR count). The van der Waals surface area contributed by atoms with Gasteiger partial charge in [-0.2, -0.15) is 4.98 Å². The summed E-state index contributed by atoms with van der Waals surface area (Å²) >= 11 is 0. The summed E-state index contributed by atoms with van der Waals surface area (Å²) in [6, 6.07) is 0. The maximum absolute atomic E-state index is 12.3. The third-order valence-electron chi connectivity index (χ3n) is 3.71. The van der Waals surface area contributed by atoms with Gasteiger partial charge >= 0.3 is 0 Å². The number of hydrogen-bond acceptors (Lipinski definition) is 5. The molecule has 1 aromatic rings. The minimum atomic E-state index is 0.170. The third-order valence-corrected chi connectivity index (χ3v) is 3.71. The number of aryl methyl sites for hydroxylation is 1. The molecule has 1 aliphatic rings. The van der Waals surface area contributed by atoms with Crippen LogP contribution in [0, 0.1) is 13.8 Å². The Hall–Kier alpha value is -1.85. The second kappa shape index (κ2) is 6.74. The van der Waals surface area contributed by atoms with Gasteiger partial charge in [-0.1, -0.05) is 6.92 Å². The third kappa shape index (κ3) is 3.43. The van der Waals surface area contributed by atoms with Crippen molar-refractivity contribution in [1.82, 2.24) is 14.9 Å². The lowest BCUT2D eigenvalue weighted by atomic mass is 10.2. The van der Waals surface area contributed by atoms with E-state index in [-0.39, 0.29) is 5.91 Å². The van der Waals surface area contributed by atoms with Gasteiger partial charge in [0.1, 0.15) is 11.6 Å². The molecule has 1 fully saturated rings. The number of carbonyl (C=O) groups excluding carboxylic acids is 1. The molecule has 6 heteroatoms. The number of aromatic nitrogens is 2. The quantitative estimate of drug-likeness (QED) is 0.842. The molecule has 0 aromatic carbocycles. The predicted molar refractivity (Wildman–Crippen MR) is 81.8 cm³/mol. The maximum Gasteiger partial charge on any atom is 0.242 e. The highest BCUT2D eigenvalue weighted by Crippen LogP contribution is 2.26. The molecule has 0 aliphatic carbocycles. The Bertz CT molecular complexity index is 519. The molecule has 1 aliphatic heterocycles. The first-order valence-electron chi connectivity index (χ1n) is 7.48. The van der Waals surface area contributed by atoms with E-state index in [1.54, 1.807) is 7.11 Å². The monoisotopic (exact) mass is 292 g/mol. The van der Waals surface area contributed by atoms with Crippen molar-refractivity contribution in [3.63, 3.8) is 0 Å². The number of hydrogen-bond donors (Lipinski definition) is 0. The molecule has 0 radical (unpaired) electrons. The summed E-state index contributed by atoms with van der Waals surface area (Å²) in [7, 11) is 1.61. The molecule has 0 spiro atoms. The van der Waals surface area contributed by atoms with Crippen LogP contribution in [0.5, 0.6) is 5.88 Å². The van der Waals surface area contributed by atoms with Gasteiger partial charge in [0.2, 0.25) is 11.8 Å². The van der Waals surface area contributed by atoms with E-state index in [1.807, 2.05) is 23.6 Å². The minimum absolute atomic E-state index is 0.170. The molecule has 1 aromatic heterocycles. The van der Waals surface area contributed by atoms with Crippen LogP contribution in [0.25, 0.3) is 0 Å². The molecule has 1 amide bonds. The minimum Gasteiger partial charge on any atom is -0.481 e. The Labute approximate surface area is 126 Å². The van der Waals surface area contributed by atoms with Crippen molar-refractivity contribution in [3.8, 4) is 5.88 Å². The van der Waals surface area contributed by atoms with Crippen molar-refractivity contribution in [2.45, 2.75) is 33.6 Å². The zero-order chi connectivity index (χ0) is 15.4. The van der Waals surface area contributed by atoms with Crippen LogP contribution >= 0.6 is 0 Å². The van der Waals surface area contributed by atoms with Crippen LogP contribution in [0.15, 0.2) is 0 Å². The maximum atomic E-state index is 12.3. The summed E-state index contributed by atoms with van der Waals surface area (Å²) in [6.07, 6.45) is 1.95. The van der Waals surface area contributed by atoms with Gasteiger partial charge in [-0.25, -0.2) is 4.98 Å². The molecule has 0 atom stereocenters. The molecule has 116 valence electrons. The molecule has 6 nitrogen and oxygen atoms in total. The fourth-order valence-electron chi connectivity index (χ4n) is 2.70. The van der Waals surface area contributed by atoms with Gasteiger partial charge in [0.15, 0.2) is 0 Å². The zero-order valence-corrected chi connectivity index (χ0v) is 13.3. The number of carbonyl (C=O) groups is 1. The highest BCUT2D eigenvalue weighted by atomic mass is 16.5. The van der Waals surface area contributed by atoms with Crippen LogP contribution in [0.3, 0.4) is 0 Å². The van der Waals surface area contributed by atoms with E-state index in [0.717, 1.165) is 43.9 Å². The molecule has 0 saturated carbocycles. The Morgan fingerprint density at radius 2 is 2.00 bits per heavy atom. The summed E-state index contributed by atoms with van der Waals surface area (Å²) in [4.78, 5) is 25.1. The summed E-state index contributed by atoms with van der Waals surface area (Å²) in [6.45, 7) is 8.73. The molecular formula is C15H24N4O2. The van der Waals surface area contributed by atoms with E-state index in [1.165, 1.54) is 0 Å². The summed E-state index contributed by atoms with van der Waals surface area (Å²) in [5, 5.41) is 0. The van der Waals surface area contributed by atoms with Crippen molar-refractivity contribution in [2.75, 3.05) is 38.2 Å². The average Bonchev–Trinajstić information content (AvgIpc) is 2.64. The van der Waals surface area contributed by atoms with Crippen molar-refractivity contribution in [3.05, 3.63) is 11.4 Å². The van der Waals surface area contributed by atoms with E-state index in [9.17, 15) is 4.79 Å². The second-order valence-corrected chi connectivity index (χ2v) is 5.38. The second-order valence-electron chi connectivity index (χ2n) is 5.38. The van der Waals surface area contributed by atoms with E-state index in [2.05, 4.69) is 16.9 Å². The molecule has 0 bridgehead atoms. The van der Waals surface area contributed by atoms with Crippen LogP contribution in [0.2, 0.25) is 0 Å². The largest absolute Gasteiger partial charge is 0.481 e.